The Bertz CT molecular complexity index is 1030. The number of imidazole rings is 1. The first kappa shape index (κ1) is 18.2. The number of carbonyl (C=O) groups is 1. The van der Waals surface area contributed by atoms with E-state index in [9.17, 15) is 4.79 Å². The van der Waals surface area contributed by atoms with E-state index >= 15 is 0 Å². The molecule has 0 aliphatic rings. The summed E-state index contributed by atoms with van der Waals surface area (Å²) in [7, 11) is 0. The molecule has 0 fully saturated rings. The van der Waals surface area contributed by atoms with Crippen LogP contribution in [0.4, 0.5) is 0 Å². The summed E-state index contributed by atoms with van der Waals surface area (Å²) in [4.78, 5) is 24.6. The third kappa shape index (κ3) is 4.58. The van der Waals surface area contributed by atoms with Crippen molar-refractivity contribution in [1.82, 2.24) is 30.5 Å². The van der Waals surface area contributed by atoms with Crippen LogP contribution in [0.25, 0.3) is 11.0 Å². The van der Waals surface area contributed by atoms with Gasteiger partial charge in [-0.3, -0.25) is 4.79 Å². The van der Waals surface area contributed by atoms with E-state index in [2.05, 4.69) is 30.5 Å². The number of nitrogens with one attached hydrogen (secondary N) is 2. The number of rotatable bonds is 8. The maximum Gasteiger partial charge on any atom is 0.271 e. The van der Waals surface area contributed by atoms with E-state index in [1.807, 2.05) is 30.3 Å². The van der Waals surface area contributed by atoms with E-state index in [4.69, 9.17) is 0 Å². The molecule has 0 saturated carbocycles. The van der Waals surface area contributed by atoms with E-state index in [1.165, 1.54) is 11.3 Å². The molecule has 28 heavy (non-hydrogen) atoms. The highest BCUT2D eigenvalue weighted by molar-refractivity contribution is 7.09. The van der Waals surface area contributed by atoms with Crippen LogP contribution in [0.3, 0.4) is 0 Å². The lowest BCUT2D eigenvalue weighted by Gasteiger charge is -2.01. The summed E-state index contributed by atoms with van der Waals surface area (Å²) in [6.07, 6.45) is 5.40. The Labute approximate surface area is 166 Å². The zero-order valence-corrected chi connectivity index (χ0v) is 16.1. The molecule has 4 rings (SSSR count). The van der Waals surface area contributed by atoms with Crippen LogP contribution in [0.1, 0.15) is 39.9 Å². The van der Waals surface area contributed by atoms with Crippen molar-refractivity contribution in [3.8, 4) is 0 Å². The summed E-state index contributed by atoms with van der Waals surface area (Å²) < 4.78 is 0. The molecule has 0 atom stereocenters. The highest BCUT2D eigenvalue weighted by Crippen LogP contribution is 2.15. The van der Waals surface area contributed by atoms with Crippen LogP contribution < -0.4 is 5.32 Å². The SMILES string of the molecule is O=C(NCc1cccnn1)c1csc(CCCCc2nc3ccccc3[nH]2)n1. The van der Waals surface area contributed by atoms with Crippen molar-refractivity contribution in [2.24, 2.45) is 0 Å². The minimum absolute atomic E-state index is 0.185. The van der Waals surface area contributed by atoms with Gasteiger partial charge >= 0.3 is 0 Å². The van der Waals surface area contributed by atoms with Crippen molar-refractivity contribution in [3.05, 3.63) is 70.2 Å². The second-order valence-electron chi connectivity index (χ2n) is 6.43. The number of hydrogen-bond acceptors (Lipinski definition) is 6. The van der Waals surface area contributed by atoms with Crippen LogP contribution in [0, 0.1) is 0 Å². The van der Waals surface area contributed by atoms with Gasteiger partial charge in [-0.1, -0.05) is 12.1 Å². The lowest BCUT2D eigenvalue weighted by Crippen LogP contribution is -2.23. The second kappa shape index (κ2) is 8.71. The summed E-state index contributed by atoms with van der Waals surface area (Å²) in [5.74, 6) is 0.833. The molecule has 2 N–H and O–H groups in total. The van der Waals surface area contributed by atoms with Crippen molar-refractivity contribution in [2.75, 3.05) is 0 Å². The summed E-state index contributed by atoms with van der Waals surface area (Å²) in [5, 5.41) is 13.3. The molecular formula is C20H20N6OS. The molecular weight excluding hydrogens is 372 g/mol. The zero-order chi connectivity index (χ0) is 19.2. The van der Waals surface area contributed by atoms with E-state index in [0.717, 1.165) is 53.2 Å². The van der Waals surface area contributed by atoms with E-state index in [0.29, 0.717) is 12.2 Å². The van der Waals surface area contributed by atoms with Gasteiger partial charge in [-0.25, -0.2) is 9.97 Å². The Morgan fingerprint density at radius 2 is 1.96 bits per heavy atom. The van der Waals surface area contributed by atoms with Crippen molar-refractivity contribution in [1.29, 1.82) is 0 Å². The van der Waals surface area contributed by atoms with Gasteiger partial charge in [0.2, 0.25) is 0 Å². The fraction of sp³-hybridized carbons (Fsp3) is 0.250. The lowest BCUT2D eigenvalue weighted by atomic mass is 10.2. The molecule has 0 aliphatic carbocycles. The van der Waals surface area contributed by atoms with E-state index in [-0.39, 0.29) is 5.91 Å². The summed E-state index contributed by atoms with van der Waals surface area (Å²) >= 11 is 1.53. The number of fused-ring (bicyclic) bond motifs is 1. The van der Waals surface area contributed by atoms with Gasteiger partial charge in [0.25, 0.3) is 5.91 Å². The Balaban J connectivity index is 1.22. The minimum Gasteiger partial charge on any atom is -0.345 e. The topological polar surface area (TPSA) is 96.5 Å². The number of benzene rings is 1. The second-order valence-corrected chi connectivity index (χ2v) is 7.37. The molecule has 0 saturated heterocycles. The standard InChI is InChI=1S/C20H20N6OS/c27-20(21-12-14-6-5-11-22-26-14)17-13-28-19(25-17)10-4-3-9-18-23-15-7-1-2-8-16(15)24-18/h1-2,5-8,11,13H,3-4,9-10,12H2,(H,21,27)(H,23,24). The van der Waals surface area contributed by atoms with Crippen LogP contribution in [0.5, 0.6) is 0 Å². The first-order chi connectivity index (χ1) is 13.8. The molecule has 0 unspecified atom stereocenters. The number of amides is 1. The highest BCUT2D eigenvalue weighted by Gasteiger charge is 2.11. The van der Waals surface area contributed by atoms with Crippen LogP contribution >= 0.6 is 11.3 Å². The van der Waals surface area contributed by atoms with Gasteiger partial charge in [0.05, 0.1) is 28.3 Å². The molecule has 0 bridgehead atoms. The molecule has 1 amide bonds. The fourth-order valence-corrected chi connectivity index (χ4v) is 3.73. The van der Waals surface area contributed by atoms with Gasteiger partial charge < -0.3 is 10.3 Å². The smallest absolute Gasteiger partial charge is 0.271 e. The van der Waals surface area contributed by atoms with Gasteiger partial charge in [-0.15, -0.1) is 11.3 Å². The molecule has 3 aromatic heterocycles. The number of nitrogens with zero attached hydrogens (tertiary/aromatic N) is 4. The number of carbonyl (C=O) groups excluding carboxylic acids is 1. The fourth-order valence-electron chi connectivity index (χ4n) is 2.91. The average Bonchev–Trinajstić information content (AvgIpc) is 3.37. The quantitative estimate of drug-likeness (QED) is 0.449. The normalized spacial score (nSPS) is 11.0. The molecule has 3 heterocycles. The third-order valence-corrected chi connectivity index (χ3v) is 5.24. The summed E-state index contributed by atoms with van der Waals surface area (Å²) in [6.45, 7) is 0.344. The predicted octanol–water partition coefficient (Wildman–Crippen LogP) is 3.30. The van der Waals surface area contributed by atoms with Crippen molar-refractivity contribution >= 4 is 28.3 Å². The molecule has 4 aromatic rings. The Morgan fingerprint density at radius 1 is 1.07 bits per heavy atom. The maximum absolute atomic E-state index is 12.2. The molecule has 7 nitrogen and oxygen atoms in total. The maximum atomic E-state index is 12.2. The zero-order valence-electron chi connectivity index (χ0n) is 15.3. The molecule has 0 aliphatic heterocycles. The number of aryl methyl sites for hydroxylation is 2. The first-order valence-corrected chi connectivity index (χ1v) is 10.1. The third-order valence-electron chi connectivity index (χ3n) is 4.33. The van der Waals surface area contributed by atoms with Gasteiger partial charge in [-0.2, -0.15) is 10.2 Å². The molecule has 142 valence electrons. The van der Waals surface area contributed by atoms with Crippen LogP contribution in [0.2, 0.25) is 0 Å². The van der Waals surface area contributed by atoms with Gasteiger partial charge in [0.1, 0.15) is 11.5 Å². The van der Waals surface area contributed by atoms with Crippen molar-refractivity contribution in [2.45, 2.75) is 32.2 Å². The minimum atomic E-state index is -0.185. The van der Waals surface area contributed by atoms with Crippen molar-refractivity contribution < 1.29 is 4.79 Å². The largest absolute Gasteiger partial charge is 0.345 e. The highest BCUT2D eigenvalue weighted by atomic mass is 32.1. The van der Waals surface area contributed by atoms with E-state index < -0.39 is 0 Å². The Kier molecular flexibility index (Phi) is 5.67. The molecule has 1 aromatic carbocycles. The number of thiazole rings is 1. The summed E-state index contributed by atoms with van der Waals surface area (Å²) in [6, 6.07) is 11.7. The van der Waals surface area contributed by atoms with Crippen LogP contribution in [-0.4, -0.2) is 31.1 Å². The number of H-pyrrole nitrogens is 1. The Hall–Kier alpha value is -3.13. The van der Waals surface area contributed by atoms with Gasteiger partial charge in [0.15, 0.2) is 0 Å². The number of unbranched alkanes of at least 4 members (excludes halogenated alkanes) is 1. The van der Waals surface area contributed by atoms with Crippen molar-refractivity contribution in [3.63, 3.8) is 0 Å². The number of para-hydroxylation sites is 2. The predicted molar refractivity (Wildman–Crippen MR) is 108 cm³/mol. The van der Waals surface area contributed by atoms with Gasteiger partial charge in [-0.05, 0) is 43.5 Å². The number of aromatic amines is 1. The average molecular weight is 392 g/mol. The number of aromatic nitrogens is 5. The lowest BCUT2D eigenvalue weighted by molar-refractivity contribution is 0.0946. The van der Waals surface area contributed by atoms with Gasteiger partial charge in [0, 0.05) is 18.0 Å². The van der Waals surface area contributed by atoms with E-state index in [1.54, 1.807) is 17.6 Å². The molecule has 0 spiro atoms. The summed E-state index contributed by atoms with van der Waals surface area (Å²) in [5.41, 5.74) is 3.27. The van der Waals surface area contributed by atoms with Crippen LogP contribution in [0.15, 0.2) is 48.0 Å². The van der Waals surface area contributed by atoms with Crippen LogP contribution in [-0.2, 0) is 19.4 Å². The number of hydrogen-bond donors (Lipinski definition) is 2. The molecule has 8 heteroatoms. The monoisotopic (exact) mass is 392 g/mol. The first-order valence-electron chi connectivity index (χ1n) is 9.21. The Morgan fingerprint density at radius 3 is 2.82 bits per heavy atom. The molecule has 0 radical (unpaired) electrons.